The maximum absolute atomic E-state index is 9.88. The summed E-state index contributed by atoms with van der Waals surface area (Å²) >= 11 is 0. The van der Waals surface area contributed by atoms with Crippen LogP contribution in [0.4, 0.5) is 0 Å². The molecule has 1 atom stereocenters. The first kappa shape index (κ1) is 17.2. The van der Waals surface area contributed by atoms with Gasteiger partial charge in [0.2, 0.25) is 0 Å². The number of hydrogen-bond donors (Lipinski definition) is 2. The van der Waals surface area contributed by atoms with E-state index in [2.05, 4.69) is 38.1 Å². The van der Waals surface area contributed by atoms with E-state index in [9.17, 15) is 5.11 Å². The maximum atomic E-state index is 9.88. The number of aliphatic hydroxyl groups is 1. The molecule has 0 bridgehead atoms. The standard InChI is InChI=1S/C18H31NO/c1-3-4-5-6-7-8-12-18(14-19,15-20)17-11-9-10-16(2)13-17/h9-11,13,20H,3-8,12,14-15,19H2,1-2H3. The predicted molar refractivity (Wildman–Crippen MR) is 87.0 cm³/mol. The average Bonchev–Trinajstić information content (AvgIpc) is 2.47. The van der Waals surface area contributed by atoms with Gasteiger partial charge in [0.05, 0.1) is 6.61 Å². The molecule has 0 aliphatic carbocycles. The highest BCUT2D eigenvalue weighted by atomic mass is 16.3. The summed E-state index contributed by atoms with van der Waals surface area (Å²) in [5, 5.41) is 9.88. The van der Waals surface area contributed by atoms with Crippen molar-refractivity contribution in [2.75, 3.05) is 13.2 Å². The largest absolute Gasteiger partial charge is 0.395 e. The van der Waals surface area contributed by atoms with Gasteiger partial charge in [-0.2, -0.15) is 0 Å². The molecule has 0 aliphatic heterocycles. The van der Waals surface area contributed by atoms with Crippen molar-refractivity contribution in [2.45, 2.75) is 64.2 Å². The molecule has 0 saturated heterocycles. The summed E-state index contributed by atoms with van der Waals surface area (Å²) in [7, 11) is 0. The van der Waals surface area contributed by atoms with Crippen LogP contribution >= 0.6 is 0 Å². The lowest BCUT2D eigenvalue weighted by molar-refractivity contribution is 0.184. The number of aliphatic hydroxyl groups excluding tert-OH is 1. The Morgan fingerprint density at radius 3 is 2.40 bits per heavy atom. The topological polar surface area (TPSA) is 46.2 Å². The Kier molecular flexibility index (Phi) is 7.86. The second-order valence-electron chi connectivity index (χ2n) is 6.03. The molecule has 0 heterocycles. The second kappa shape index (κ2) is 9.15. The molecule has 0 spiro atoms. The first-order chi connectivity index (χ1) is 9.68. The zero-order chi connectivity index (χ0) is 14.8. The fourth-order valence-corrected chi connectivity index (χ4v) is 2.82. The Morgan fingerprint density at radius 1 is 1.10 bits per heavy atom. The van der Waals surface area contributed by atoms with Crippen LogP contribution < -0.4 is 5.73 Å². The van der Waals surface area contributed by atoms with E-state index in [1.807, 2.05) is 0 Å². The summed E-state index contributed by atoms with van der Waals surface area (Å²) in [6.07, 6.45) is 8.62. The molecule has 0 saturated carbocycles. The molecule has 0 aromatic heterocycles. The van der Waals surface area contributed by atoms with Crippen molar-refractivity contribution in [1.82, 2.24) is 0 Å². The van der Waals surface area contributed by atoms with Gasteiger partial charge in [0.15, 0.2) is 0 Å². The average molecular weight is 277 g/mol. The van der Waals surface area contributed by atoms with E-state index < -0.39 is 0 Å². The van der Waals surface area contributed by atoms with Gasteiger partial charge in [0.25, 0.3) is 0 Å². The van der Waals surface area contributed by atoms with Gasteiger partial charge < -0.3 is 10.8 Å². The van der Waals surface area contributed by atoms with Crippen molar-refractivity contribution in [3.63, 3.8) is 0 Å². The van der Waals surface area contributed by atoms with Crippen LogP contribution in [0.2, 0.25) is 0 Å². The summed E-state index contributed by atoms with van der Waals surface area (Å²) in [4.78, 5) is 0. The van der Waals surface area contributed by atoms with Gasteiger partial charge in [0.1, 0.15) is 0 Å². The van der Waals surface area contributed by atoms with E-state index in [-0.39, 0.29) is 12.0 Å². The van der Waals surface area contributed by atoms with E-state index in [1.54, 1.807) is 0 Å². The molecule has 0 amide bonds. The van der Waals surface area contributed by atoms with E-state index in [0.717, 1.165) is 12.8 Å². The molecule has 2 nitrogen and oxygen atoms in total. The SMILES string of the molecule is CCCCCCCCC(CN)(CO)c1cccc(C)c1. The van der Waals surface area contributed by atoms with Crippen LogP contribution in [0.25, 0.3) is 0 Å². The normalized spacial score (nSPS) is 14.2. The smallest absolute Gasteiger partial charge is 0.0540 e. The lowest BCUT2D eigenvalue weighted by Crippen LogP contribution is -2.38. The van der Waals surface area contributed by atoms with Crippen molar-refractivity contribution in [1.29, 1.82) is 0 Å². The van der Waals surface area contributed by atoms with Gasteiger partial charge in [0, 0.05) is 12.0 Å². The summed E-state index contributed by atoms with van der Waals surface area (Å²) in [6, 6.07) is 8.42. The Balaban J connectivity index is 2.58. The van der Waals surface area contributed by atoms with Crippen LogP contribution in [-0.4, -0.2) is 18.3 Å². The molecule has 20 heavy (non-hydrogen) atoms. The van der Waals surface area contributed by atoms with Gasteiger partial charge in [-0.25, -0.2) is 0 Å². The first-order valence-electron chi connectivity index (χ1n) is 8.06. The fourth-order valence-electron chi connectivity index (χ4n) is 2.82. The minimum absolute atomic E-state index is 0.141. The fraction of sp³-hybridized carbons (Fsp3) is 0.667. The van der Waals surface area contributed by atoms with Crippen molar-refractivity contribution in [3.05, 3.63) is 35.4 Å². The molecule has 1 unspecified atom stereocenters. The Labute approximate surface area is 124 Å². The van der Waals surface area contributed by atoms with Crippen LogP contribution in [0.15, 0.2) is 24.3 Å². The molecule has 3 N–H and O–H groups in total. The van der Waals surface area contributed by atoms with Crippen LogP contribution in [0.1, 0.15) is 63.0 Å². The van der Waals surface area contributed by atoms with Crippen molar-refractivity contribution in [2.24, 2.45) is 5.73 Å². The van der Waals surface area contributed by atoms with Crippen molar-refractivity contribution < 1.29 is 5.11 Å². The summed E-state index contributed by atoms with van der Waals surface area (Å²) in [5.41, 5.74) is 8.17. The number of benzene rings is 1. The molecular weight excluding hydrogens is 246 g/mol. The Hall–Kier alpha value is -0.860. The van der Waals surface area contributed by atoms with E-state index in [0.29, 0.717) is 6.54 Å². The lowest BCUT2D eigenvalue weighted by Gasteiger charge is -2.31. The monoisotopic (exact) mass is 277 g/mol. The van der Waals surface area contributed by atoms with Gasteiger partial charge in [-0.15, -0.1) is 0 Å². The van der Waals surface area contributed by atoms with Crippen LogP contribution in [0.5, 0.6) is 0 Å². The zero-order valence-electron chi connectivity index (χ0n) is 13.2. The Bertz CT molecular complexity index is 371. The van der Waals surface area contributed by atoms with Crippen molar-refractivity contribution >= 4 is 0 Å². The van der Waals surface area contributed by atoms with Gasteiger partial charge in [-0.3, -0.25) is 0 Å². The van der Waals surface area contributed by atoms with E-state index in [1.165, 1.54) is 43.2 Å². The summed E-state index contributed by atoms with van der Waals surface area (Å²) < 4.78 is 0. The van der Waals surface area contributed by atoms with Gasteiger partial charge in [-0.1, -0.05) is 75.3 Å². The number of hydrogen-bond acceptors (Lipinski definition) is 2. The maximum Gasteiger partial charge on any atom is 0.0540 e. The highest BCUT2D eigenvalue weighted by Gasteiger charge is 2.29. The third-order valence-electron chi connectivity index (χ3n) is 4.33. The van der Waals surface area contributed by atoms with Gasteiger partial charge in [-0.05, 0) is 18.9 Å². The molecule has 1 aromatic carbocycles. The molecule has 0 fully saturated rings. The Morgan fingerprint density at radius 2 is 1.80 bits per heavy atom. The second-order valence-corrected chi connectivity index (χ2v) is 6.03. The van der Waals surface area contributed by atoms with Crippen LogP contribution in [0, 0.1) is 6.92 Å². The summed E-state index contributed by atoms with van der Waals surface area (Å²) in [6.45, 7) is 4.99. The van der Waals surface area contributed by atoms with Crippen LogP contribution in [0.3, 0.4) is 0 Å². The number of rotatable bonds is 10. The minimum Gasteiger partial charge on any atom is -0.395 e. The highest BCUT2D eigenvalue weighted by molar-refractivity contribution is 5.30. The lowest BCUT2D eigenvalue weighted by atomic mass is 9.76. The quantitative estimate of drug-likeness (QED) is 0.636. The first-order valence-corrected chi connectivity index (χ1v) is 8.06. The number of aryl methyl sites for hydroxylation is 1. The number of nitrogens with two attached hydrogens (primary N) is 1. The van der Waals surface area contributed by atoms with E-state index >= 15 is 0 Å². The minimum atomic E-state index is -0.253. The predicted octanol–water partition coefficient (Wildman–Crippen LogP) is 3.93. The number of unbranched alkanes of at least 4 members (excludes halogenated alkanes) is 5. The molecule has 1 rings (SSSR count). The van der Waals surface area contributed by atoms with Gasteiger partial charge >= 0.3 is 0 Å². The molecule has 0 radical (unpaired) electrons. The molecule has 114 valence electrons. The van der Waals surface area contributed by atoms with Crippen molar-refractivity contribution in [3.8, 4) is 0 Å². The summed E-state index contributed by atoms with van der Waals surface area (Å²) in [5.74, 6) is 0. The molecule has 2 heteroatoms. The third kappa shape index (κ3) is 4.92. The molecule has 1 aromatic rings. The zero-order valence-corrected chi connectivity index (χ0v) is 13.2. The third-order valence-corrected chi connectivity index (χ3v) is 4.33. The highest BCUT2D eigenvalue weighted by Crippen LogP contribution is 2.29. The molecule has 0 aliphatic rings. The van der Waals surface area contributed by atoms with Crippen LogP contribution in [-0.2, 0) is 5.41 Å². The van der Waals surface area contributed by atoms with E-state index in [4.69, 9.17) is 5.73 Å². The molecular formula is C18H31NO.